The zero-order chi connectivity index (χ0) is 16.9. The summed E-state index contributed by atoms with van der Waals surface area (Å²) in [6, 6.07) is 9.95. The summed E-state index contributed by atoms with van der Waals surface area (Å²) in [5.41, 5.74) is 1.17. The van der Waals surface area contributed by atoms with E-state index >= 15 is 0 Å². The van der Waals surface area contributed by atoms with E-state index in [-0.39, 0.29) is 18.2 Å². The van der Waals surface area contributed by atoms with E-state index in [9.17, 15) is 4.79 Å². The number of nitrogens with zero attached hydrogens (tertiary/aromatic N) is 1. The molecule has 0 spiro atoms. The van der Waals surface area contributed by atoms with Crippen LogP contribution < -0.4 is 10.6 Å². The Balaban J connectivity index is 1.50. The van der Waals surface area contributed by atoms with E-state index in [1.165, 1.54) is 5.56 Å². The van der Waals surface area contributed by atoms with Crippen LogP contribution in [0.15, 0.2) is 36.5 Å². The molecule has 1 saturated heterocycles. The van der Waals surface area contributed by atoms with Gasteiger partial charge in [0.05, 0.1) is 12.1 Å². The third kappa shape index (κ3) is 4.13. The number of hydrogen-bond donors (Lipinski definition) is 2. The first-order chi connectivity index (χ1) is 11.6. The van der Waals surface area contributed by atoms with Crippen LogP contribution in [0.25, 0.3) is 0 Å². The standard InChI is InChI=1S/C18H23N3O2S/c1-12-10-19-17(24-12)13(2)21-18(22)20-11-15-8-9-23-16(15)14-6-4-3-5-7-14/h3-7,10,13,15-16H,8-9,11H2,1-2H3,(H2,20,21,22)/t13-,15-,16+/m0/s1. The first-order valence-electron chi connectivity index (χ1n) is 8.26. The molecular formula is C18H23N3O2S. The van der Waals surface area contributed by atoms with Gasteiger partial charge in [-0.05, 0) is 25.8 Å². The van der Waals surface area contributed by atoms with Gasteiger partial charge in [0.2, 0.25) is 0 Å². The molecule has 3 atom stereocenters. The number of benzene rings is 1. The summed E-state index contributed by atoms with van der Waals surface area (Å²) in [6.07, 6.45) is 2.85. The third-order valence-electron chi connectivity index (χ3n) is 4.22. The molecule has 0 radical (unpaired) electrons. The number of hydrogen-bond acceptors (Lipinski definition) is 4. The summed E-state index contributed by atoms with van der Waals surface area (Å²) in [6.45, 7) is 5.30. The molecule has 2 amide bonds. The van der Waals surface area contributed by atoms with Crippen LogP contribution in [-0.2, 0) is 4.74 Å². The molecule has 0 bridgehead atoms. The summed E-state index contributed by atoms with van der Waals surface area (Å²) in [4.78, 5) is 17.6. The van der Waals surface area contributed by atoms with Crippen LogP contribution in [0.5, 0.6) is 0 Å². The maximum Gasteiger partial charge on any atom is 0.315 e. The Morgan fingerprint density at radius 2 is 2.21 bits per heavy atom. The Labute approximate surface area is 146 Å². The quantitative estimate of drug-likeness (QED) is 0.870. The fraction of sp³-hybridized carbons (Fsp3) is 0.444. The molecule has 2 N–H and O–H groups in total. The third-order valence-corrected chi connectivity index (χ3v) is 5.32. The fourth-order valence-corrected chi connectivity index (χ4v) is 3.74. The second kappa shape index (κ2) is 7.77. The SMILES string of the molecule is Cc1cnc([C@H](C)NC(=O)NC[C@@H]2CCO[C@@H]2c2ccccc2)s1. The maximum atomic E-state index is 12.1. The van der Waals surface area contributed by atoms with Gasteiger partial charge < -0.3 is 15.4 Å². The molecule has 1 aliphatic rings. The van der Waals surface area contributed by atoms with Gasteiger partial charge in [-0.1, -0.05) is 30.3 Å². The number of nitrogens with one attached hydrogen (secondary N) is 2. The van der Waals surface area contributed by atoms with Gasteiger partial charge in [0.1, 0.15) is 5.01 Å². The van der Waals surface area contributed by atoms with Crippen molar-refractivity contribution in [2.75, 3.05) is 13.2 Å². The largest absolute Gasteiger partial charge is 0.373 e. The van der Waals surface area contributed by atoms with E-state index < -0.39 is 0 Å². The normalized spacial score (nSPS) is 21.4. The van der Waals surface area contributed by atoms with Gasteiger partial charge in [-0.2, -0.15) is 0 Å². The lowest BCUT2D eigenvalue weighted by molar-refractivity contribution is 0.0910. The van der Waals surface area contributed by atoms with Crippen LogP contribution in [0.2, 0.25) is 0 Å². The molecule has 1 fully saturated rings. The van der Waals surface area contributed by atoms with Crippen LogP contribution in [0, 0.1) is 12.8 Å². The molecule has 0 aliphatic carbocycles. The van der Waals surface area contributed by atoms with Gasteiger partial charge in [-0.25, -0.2) is 9.78 Å². The monoisotopic (exact) mass is 345 g/mol. The molecule has 0 saturated carbocycles. The number of urea groups is 1. The van der Waals surface area contributed by atoms with E-state index in [4.69, 9.17) is 4.74 Å². The van der Waals surface area contributed by atoms with Crippen molar-refractivity contribution in [2.24, 2.45) is 5.92 Å². The molecule has 1 aliphatic heterocycles. The summed E-state index contributed by atoms with van der Waals surface area (Å²) in [7, 11) is 0. The van der Waals surface area contributed by atoms with E-state index in [1.54, 1.807) is 11.3 Å². The Bertz CT molecular complexity index is 674. The van der Waals surface area contributed by atoms with E-state index in [2.05, 4.69) is 27.8 Å². The zero-order valence-corrected chi connectivity index (χ0v) is 14.8. The number of aromatic nitrogens is 1. The lowest BCUT2D eigenvalue weighted by Crippen LogP contribution is -2.39. The number of rotatable bonds is 5. The number of amides is 2. The van der Waals surface area contributed by atoms with Crippen molar-refractivity contribution in [3.63, 3.8) is 0 Å². The summed E-state index contributed by atoms with van der Waals surface area (Å²) < 4.78 is 5.86. The Morgan fingerprint density at radius 1 is 1.42 bits per heavy atom. The molecule has 1 aromatic heterocycles. The van der Waals surface area contributed by atoms with E-state index in [0.717, 1.165) is 22.9 Å². The number of carbonyl (C=O) groups is 1. The molecule has 2 heterocycles. The van der Waals surface area contributed by atoms with Crippen molar-refractivity contribution < 1.29 is 9.53 Å². The van der Waals surface area contributed by atoms with Crippen molar-refractivity contribution in [1.82, 2.24) is 15.6 Å². The van der Waals surface area contributed by atoms with Crippen molar-refractivity contribution in [2.45, 2.75) is 32.4 Å². The van der Waals surface area contributed by atoms with Gasteiger partial charge in [-0.15, -0.1) is 11.3 Å². The molecular weight excluding hydrogens is 322 g/mol. The highest BCUT2D eigenvalue weighted by molar-refractivity contribution is 7.11. The Hall–Kier alpha value is -1.92. The first-order valence-corrected chi connectivity index (χ1v) is 9.08. The highest BCUT2D eigenvalue weighted by Gasteiger charge is 2.29. The van der Waals surface area contributed by atoms with Crippen molar-refractivity contribution in [3.05, 3.63) is 52.0 Å². The zero-order valence-electron chi connectivity index (χ0n) is 14.0. The van der Waals surface area contributed by atoms with Crippen molar-refractivity contribution in [1.29, 1.82) is 0 Å². The molecule has 3 rings (SSSR count). The molecule has 128 valence electrons. The minimum atomic E-state index is -0.158. The first kappa shape index (κ1) is 16.9. The van der Waals surface area contributed by atoms with Crippen molar-refractivity contribution in [3.8, 4) is 0 Å². The highest BCUT2D eigenvalue weighted by atomic mass is 32.1. The number of aryl methyl sites for hydroxylation is 1. The second-order valence-corrected chi connectivity index (χ2v) is 7.40. The lowest BCUT2D eigenvalue weighted by Gasteiger charge is -2.20. The van der Waals surface area contributed by atoms with Crippen LogP contribution in [-0.4, -0.2) is 24.2 Å². The van der Waals surface area contributed by atoms with Crippen LogP contribution >= 0.6 is 11.3 Å². The molecule has 6 heteroatoms. The van der Waals surface area contributed by atoms with Crippen LogP contribution in [0.4, 0.5) is 4.79 Å². The van der Waals surface area contributed by atoms with Crippen molar-refractivity contribution >= 4 is 17.4 Å². The summed E-state index contributed by atoms with van der Waals surface area (Å²) in [5, 5.41) is 6.85. The summed E-state index contributed by atoms with van der Waals surface area (Å²) in [5.74, 6) is 0.301. The average molecular weight is 345 g/mol. The van der Waals surface area contributed by atoms with E-state index in [1.807, 2.05) is 38.2 Å². The van der Waals surface area contributed by atoms with Gasteiger partial charge in [0.25, 0.3) is 0 Å². The number of ether oxygens (including phenoxy) is 1. The second-order valence-electron chi connectivity index (χ2n) is 6.14. The molecule has 0 unspecified atom stereocenters. The predicted octanol–water partition coefficient (Wildman–Crippen LogP) is 3.59. The molecule has 1 aromatic carbocycles. The topological polar surface area (TPSA) is 63.2 Å². The van der Waals surface area contributed by atoms with Crippen LogP contribution in [0.3, 0.4) is 0 Å². The lowest BCUT2D eigenvalue weighted by atomic mass is 9.95. The Kier molecular flexibility index (Phi) is 5.48. The highest BCUT2D eigenvalue weighted by Crippen LogP contribution is 2.33. The molecule has 5 nitrogen and oxygen atoms in total. The van der Waals surface area contributed by atoms with Crippen LogP contribution in [0.1, 0.15) is 40.9 Å². The van der Waals surface area contributed by atoms with E-state index in [0.29, 0.717) is 12.5 Å². The average Bonchev–Trinajstić information content (AvgIpc) is 3.22. The fourth-order valence-electron chi connectivity index (χ4n) is 2.96. The smallest absolute Gasteiger partial charge is 0.315 e. The molecule has 24 heavy (non-hydrogen) atoms. The predicted molar refractivity (Wildman–Crippen MR) is 95.0 cm³/mol. The van der Waals surface area contributed by atoms with Gasteiger partial charge in [0.15, 0.2) is 0 Å². The minimum absolute atomic E-state index is 0.0607. The Morgan fingerprint density at radius 3 is 2.92 bits per heavy atom. The number of carbonyl (C=O) groups excluding carboxylic acids is 1. The molecule has 2 aromatic rings. The van der Waals surface area contributed by atoms with Gasteiger partial charge >= 0.3 is 6.03 Å². The van der Waals surface area contributed by atoms with Gasteiger partial charge in [-0.3, -0.25) is 0 Å². The maximum absolute atomic E-state index is 12.1. The minimum Gasteiger partial charge on any atom is -0.373 e. The van der Waals surface area contributed by atoms with Gasteiger partial charge in [0, 0.05) is 30.1 Å². The number of thiazole rings is 1. The summed E-state index contributed by atoms with van der Waals surface area (Å²) >= 11 is 1.61.